The standard InChI is InChI=1S/C28H27NO7/c1-6-35-27(31)23-20-12-9-17-14-16(3)8-11-19(17)29(20)25(24(23)28(32)36-7-2)26(30)18-10-13-21(33-4)22(15-18)34-5/h8-15H,6-7H2,1-5H3. The van der Waals surface area contributed by atoms with Crippen molar-refractivity contribution >= 4 is 34.1 Å². The van der Waals surface area contributed by atoms with Gasteiger partial charge in [0.25, 0.3) is 0 Å². The minimum absolute atomic E-state index is 0.00757. The zero-order valence-electron chi connectivity index (χ0n) is 20.8. The van der Waals surface area contributed by atoms with Gasteiger partial charge in [0.1, 0.15) is 16.8 Å². The minimum Gasteiger partial charge on any atom is -0.493 e. The Labute approximate surface area is 208 Å². The van der Waals surface area contributed by atoms with E-state index in [-0.39, 0.29) is 35.6 Å². The van der Waals surface area contributed by atoms with E-state index >= 15 is 0 Å². The molecule has 2 heterocycles. The number of ketones is 1. The molecule has 0 amide bonds. The van der Waals surface area contributed by atoms with Crippen molar-refractivity contribution in [3.8, 4) is 11.5 Å². The van der Waals surface area contributed by atoms with Gasteiger partial charge in [-0.15, -0.1) is 0 Å². The molecule has 8 heteroatoms. The summed E-state index contributed by atoms with van der Waals surface area (Å²) < 4.78 is 22.9. The van der Waals surface area contributed by atoms with Gasteiger partial charge in [-0.25, -0.2) is 9.59 Å². The van der Waals surface area contributed by atoms with Gasteiger partial charge in [0, 0.05) is 5.56 Å². The first-order valence-corrected chi connectivity index (χ1v) is 11.5. The third-order valence-electron chi connectivity index (χ3n) is 5.87. The molecule has 186 valence electrons. The SMILES string of the molecule is CCOC(=O)c1c(C(=O)OCC)c2ccc3cc(C)ccc3n2c1C(=O)c1ccc(OC)c(OC)c1. The van der Waals surface area contributed by atoms with E-state index in [0.29, 0.717) is 22.5 Å². The lowest BCUT2D eigenvalue weighted by Gasteiger charge is -2.12. The Morgan fingerprint density at radius 1 is 0.750 bits per heavy atom. The molecule has 0 unspecified atom stereocenters. The summed E-state index contributed by atoms with van der Waals surface area (Å²) in [5, 5.41) is 0.838. The molecule has 0 saturated carbocycles. The predicted octanol–water partition coefficient (Wildman–Crippen LogP) is 5.00. The third-order valence-corrected chi connectivity index (χ3v) is 5.87. The van der Waals surface area contributed by atoms with Crippen LogP contribution in [0.5, 0.6) is 11.5 Å². The number of carbonyl (C=O) groups is 3. The highest BCUT2D eigenvalue weighted by molar-refractivity contribution is 6.21. The zero-order valence-corrected chi connectivity index (χ0v) is 20.8. The van der Waals surface area contributed by atoms with E-state index in [2.05, 4.69) is 0 Å². The summed E-state index contributed by atoms with van der Waals surface area (Å²) >= 11 is 0. The Bertz CT molecular complexity index is 1500. The number of hydrogen-bond donors (Lipinski definition) is 0. The van der Waals surface area contributed by atoms with Gasteiger partial charge in [-0.05, 0) is 62.6 Å². The third kappa shape index (κ3) is 4.15. The van der Waals surface area contributed by atoms with Crippen LogP contribution in [0.1, 0.15) is 56.2 Å². The first kappa shape index (κ1) is 24.8. The molecule has 4 rings (SSSR count). The lowest BCUT2D eigenvalue weighted by molar-refractivity contribution is 0.0480. The van der Waals surface area contributed by atoms with Crippen LogP contribution in [0.25, 0.3) is 16.4 Å². The second-order valence-electron chi connectivity index (χ2n) is 8.05. The van der Waals surface area contributed by atoms with Crippen LogP contribution in [0.15, 0.2) is 48.5 Å². The Morgan fingerprint density at radius 3 is 2.03 bits per heavy atom. The van der Waals surface area contributed by atoms with E-state index in [1.54, 1.807) is 36.4 Å². The summed E-state index contributed by atoms with van der Waals surface area (Å²) in [5.41, 5.74) is 2.16. The van der Waals surface area contributed by atoms with Crippen LogP contribution >= 0.6 is 0 Å². The number of aryl methyl sites for hydroxylation is 1. The minimum atomic E-state index is -0.784. The van der Waals surface area contributed by atoms with E-state index in [1.165, 1.54) is 20.3 Å². The molecule has 0 bridgehead atoms. The van der Waals surface area contributed by atoms with Crippen LogP contribution in [-0.4, -0.2) is 49.6 Å². The van der Waals surface area contributed by atoms with E-state index < -0.39 is 17.7 Å². The molecule has 0 aliphatic carbocycles. The quantitative estimate of drug-likeness (QED) is 0.254. The fourth-order valence-corrected chi connectivity index (χ4v) is 4.32. The lowest BCUT2D eigenvalue weighted by Crippen LogP contribution is -2.17. The number of ether oxygens (including phenoxy) is 4. The molecule has 4 aromatic rings. The van der Waals surface area contributed by atoms with Gasteiger partial charge in [-0.1, -0.05) is 17.7 Å². The van der Waals surface area contributed by atoms with Crippen molar-refractivity contribution in [2.24, 2.45) is 0 Å². The monoisotopic (exact) mass is 489 g/mol. The van der Waals surface area contributed by atoms with E-state index in [9.17, 15) is 14.4 Å². The second kappa shape index (κ2) is 10.1. The van der Waals surface area contributed by atoms with Gasteiger partial charge in [-0.2, -0.15) is 0 Å². The van der Waals surface area contributed by atoms with Gasteiger partial charge in [-0.3, -0.25) is 4.79 Å². The highest BCUT2D eigenvalue weighted by Crippen LogP contribution is 2.34. The average molecular weight is 490 g/mol. The summed E-state index contributed by atoms with van der Waals surface area (Å²) in [5.74, 6) is -1.18. The van der Waals surface area contributed by atoms with Crippen molar-refractivity contribution < 1.29 is 33.3 Å². The number of methoxy groups -OCH3 is 2. The zero-order chi connectivity index (χ0) is 26.0. The summed E-state index contributed by atoms with van der Waals surface area (Å²) in [6.07, 6.45) is 0. The normalized spacial score (nSPS) is 10.9. The van der Waals surface area contributed by atoms with Crippen LogP contribution in [0.2, 0.25) is 0 Å². The summed E-state index contributed by atoms with van der Waals surface area (Å²) in [4.78, 5) is 40.5. The van der Waals surface area contributed by atoms with Crippen LogP contribution in [0.3, 0.4) is 0 Å². The molecular formula is C28H27NO7. The van der Waals surface area contributed by atoms with Crippen molar-refractivity contribution in [3.63, 3.8) is 0 Å². The number of fused-ring (bicyclic) bond motifs is 3. The molecule has 0 fully saturated rings. The molecule has 0 saturated heterocycles. The number of pyridine rings is 1. The largest absolute Gasteiger partial charge is 0.493 e. The van der Waals surface area contributed by atoms with Gasteiger partial charge in [0.05, 0.1) is 38.5 Å². The van der Waals surface area contributed by atoms with Crippen LogP contribution in [-0.2, 0) is 9.47 Å². The number of aromatic nitrogens is 1. The molecule has 2 aromatic heterocycles. The Kier molecular flexibility index (Phi) is 6.96. The first-order valence-electron chi connectivity index (χ1n) is 11.5. The van der Waals surface area contributed by atoms with Crippen molar-refractivity contribution in [1.82, 2.24) is 4.40 Å². The molecule has 0 N–H and O–H groups in total. The molecule has 0 spiro atoms. The second-order valence-corrected chi connectivity index (χ2v) is 8.05. The van der Waals surface area contributed by atoms with Gasteiger partial charge >= 0.3 is 11.9 Å². The maximum Gasteiger partial charge on any atom is 0.341 e. The Morgan fingerprint density at radius 2 is 1.39 bits per heavy atom. The maximum atomic E-state index is 14.1. The molecular weight excluding hydrogens is 462 g/mol. The van der Waals surface area contributed by atoms with Crippen molar-refractivity contribution in [1.29, 1.82) is 0 Å². The maximum absolute atomic E-state index is 14.1. The topological polar surface area (TPSA) is 92.5 Å². The van der Waals surface area contributed by atoms with Gasteiger partial charge < -0.3 is 23.3 Å². The van der Waals surface area contributed by atoms with Crippen LogP contribution in [0.4, 0.5) is 0 Å². The molecule has 8 nitrogen and oxygen atoms in total. The highest BCUT2D eigenvalue weighted by atomic mass is 16.5. The van der Waals surface area contributed by atoms with E-state index in [1.807, 2.05) is 31.2 Å². The fraction of sp³-hybridized carbons (Fsp3) is 0.250. The fourth-order valence-electron chi connectivity index (χ4n) is 4.32. The average Bonchev–Trinajstić information content (AvgIpc) is 3.23. The van der Waals surface area contributed by atoms with Gasteiger partial charge in [0.2, 0.25) is 5.78 Å². The summed E-state index contributed by atoms with van der Waals surface area (Å²) in [7, 11) is 2.97. The lowest BCUT2D eigenvalue weighted by atomic mass is 10.0. The number of carbonyl (C=O) groups excluding carboxylic acids is 3. The number of hydrogen-bond acceptors (Lipinski definition) is 7. The van der Waals surface area contributed by atoms with Crippen molar-refractivity contribution in [2.45, 2.75) is 20.8 Å². The predicted molar refractivity (Wildman–Crippen MR) is 135 cm³/mol. The molecule has 0 radical (unpaired) electrons. The van der Waals surface area contributed by atoms with Crippen molar-refractivity contribution in [3.05, 3.63) is 76.5 Å². The number of benzene rings is 2. The number of nitrogens with zero attached hydrogens (tertiary/aromatic N) is 1. The van der Waals surface area contributed by atoms with Crippen LogP contribution in [0, 0.1) is 6.92 Å². The first-order chi connectivity index (χ1) is 17.4. The number of esters is 2. The van der Waals surface area contributed by atoms with Crippen molar-refractivity contribution in [2.75, 3.05) is 27.4 Å². The summed E-state index contributed by atoms with van der Waals surface area (Å²) in [6, 6.07) is 14.0. The molecule has 2 aromatic carbocycles. The molecule has 0 atom stereocenters. The Hall–Kier alpha value is -4.33. The number of rotatable bonds is 8. The highest BCUT2D eigenvalue weighted by Gasteiger charge is 2.34. The molecule has 0 aliphatic heterocycles. The molecule has 0 aliphatic rings. The smallest absolute Gasteiger partial charge is 0.341 e. The van der Waals surface area contributed by atoms with E-state index in [0.717, 1.165) is 10.9 Å². The van der Waals surface area contributed by atoms with E-state index in [4.69, 9.17) is 18.9 Å². The molecule has 36 heavy (non-hydrogen) atoms. The van der Waals surface area contributed by atoms with Gasteiger partial charge in [0.15, 0.2) is 11.5 Å². The summed E-state index contributed by atoms with van der Waals surface area (Å²) in [6.45, 7) is 5.46. The Balaban J connectivity index is 2.14. The van der Waals surface area contributed by atoms with Crippen LogP contribution < -0.4 is 9.47 Å².